The van der Waals surface area contributed by atoms with Gasteiger partial charge >= 0.3 is 0 Å². The summed E-state index contributed by atoms with van der Waals surface area (Å²) in [7, 11) is 0. The first-order valence-corrected chi connectivity index (χ1v) is 6.56. The Bertz CT molecular complexity index is 243. The Labute approximate surface area is 109 Å². The third kappa shape index (κ3) is 12.8. The first-order valence-electron chi connectivity index (χ1n) is 6.56. The summed E-state index contributed by atoms with van der Waals surface area (Å²) in [5, 5.41) is 0. The van der Waals surface area contributed by atoms with Crippen LogP contribution in [0.1, 0.15) is 72.1 Å². The Morgan fingerprint density at radius 2 is 1.53 bits per heavy atom. The average Bonchev–Trinajstić information content (AvgIpc) is 2.84. The molecule has 0 aromatic carbocycles. The van der Waals surface area contributed by atoms with Gasteiger partial charge in [0.1, 0.15) is 5.76 Å². The highest BCUT2D eigenvalue weighted by molar-refractivity contribution is 5.15. The fourth-order valence-electron chi connectivity index (χ4n) is 0.886. The minimum Gasteiger partial charge on any atom is -0.469 e. The van der Waals surface area contributed by atoms with Gasteiger partial charge in [0, 0.05) is 6.42 Å². The first kappa shape index (κ1) is 21.2. The van der Waals surface area contributed by atoms with Crippen molar-refractivity contribution in [2.24, 2.45) is 0 Å². The maximum Gasteiger partial charge on any atom is 0.103 e. The Hall–Kier alpha value is -1.16. The number of rotatable bonds is 2. The van der Waals surface area contributed by atoms with Crippen molar-refractivity contribution in [2.45, 2.75) is 67.2 Å². The standard InChI is InChI=1S/C9H14O.C3H8.C2H6.C2H2/c1-4-9-5-8(6-10-9)7(2)3;1-3-2;2*1-2/h5-7H,4H2,1-3H3;3H2,1-2H3;1-2H3;1-2H. The van der Waals surface area contributed by atoms with Crippen molar-refractivity contribution in [2.75, 3.05) is 0 Å². The lowest BCUT2D eigenvalue weighted by molar-refractivity contribution is 0.513. The van der Waals surface area contributed by atoms with E-state index in [-0.39, 0.29) is 0 Å². The molecule has 1 aromatic heterocycles. The summed E-state index contributed by atoms with van der Waals surface area (Å²) in [4.78, 5) is 0. The van der Waals surface area contributed by atoms with Crippen molar-refractivity contribution in [3.05, 3.63) is 23.7 Å². The fourth-order valence-corrected chi connectivity index (χ4v) is 0.886. The molecule has 0 saturated heterocycles. The second-order valence-corrected chi connectivity index (χ2v) is 3.56. The Kier molecular flexibility index (Phi) is 21.5. The van der Waals surface area contributed by atoms with Crippen molar-refractivity contribution >= 4 is 0 Å². The smallest absolute Gasteiger partial charge is 0.103 e. The van der Waals surface area contributed by atoms with Crippen LogP contribution in [0.3, 0.4) is 0 Å². The number of terminal acetylenes is 1. The van der Waals surface area contributed by atoms with Crippen LogP contribution in [-0.4, -0.2) is 0 Å². The highest BCUT2D eigenvalue weighted by Gasteiger charge is 2.02. The van der Waals surface area contributed by atoms with Crippen LogP contribution < -0.4 is 0 Å². The van der Waals surface area contributed by atoms with E-state index in [4.69, 9.17) is 4.42 Å². The van der Waals surface area contributed by atoms with Gasteiger partial charge in [0.15, 0.2) is 0 Å². The number of hydrogen-bond acceptors (Lipinski definition) is 1. The van der Waals surface area contributed by atoms with Crippen molar-refractivity contribution in [1.82, 2.24) is 0 Å². The number of furan rings is 1. The van der Waals surface area contributed by atoms with Crippen LogP contribution in [0.5, 0.6) is 0 Å². The number of aryl methyl sites for hydroxylation is 1. The van der Waals surface area contributed by atoms with Gasteiger partial charge in [-0.2, -0.15) is 0 Å². The third-order valence-electron chi connectivity index (χ3n) is 1.69. The van der Waals surface area contributed by atoms with Crippen LogP contribution >= 0.6 is 0 Å². The highest BCUT2D eigenvalue weighted by atomic mass is 16.3. The molecule has 1 rings (SSSR count). The molecule has 1 heterocycles. The molecule has 0 aliphatic carbocycles. The van der Waals surface area contributed by atoms with Gasteiger partial charge in [0.2, 0.25) is 0 Å². The van der Waals surface area contributed by atoms with Crippen molar-refractivity contribution in [3.8, 4) is 12.8 Å². The van der Waals surface area contributed by atoms with E-state index in [0.29, 0.717) is 5.92 Å². The second kappa shape index (κ2) is 17.2. The lowest BCUT2D eigenvalue weighted by Crippen LogP contribution is -1.80. The molecule has 0 N–H and O–H groups in total. The maximum atomic E-state index is 5.28. The second-order valence-electron chi connectivity index (χ2n) is 3.56. The maximum absolute atomic E-state index is 5.28. The lowest BCUT2D eigenvalue weighted by Gasteiger charge is -1.95. The van der Waals surface area contributed by atoms with E-state index in [1.54, 1.807) is 0 Å². The zero-order valence-electron chi connectivity index (χ0n) is 12.7. The first-order chi connectivity index (χ1) is 8.15. The van der Waals surface area contributed by atoms with Gasteiger partial charge in [-0.3, -0.25) is 0 Å². The van der Waals surface area contributed by atoms with Gasteiger partial charge in [-0.15, -0.1) is 12.8 Å². The number of hydrogen-bond donors (Lipinski definition) is 0. The summed E-state index contributed by atoms with van der Waals surface area (Å²) in [5.74, 6) is 1.67. The van der Waals surface area contributed by atoms with Crippen LogP contribution in [0.4, 0.5) is 0 Å². The van der Waals surface area contributed by atoms with Crippen LogP contribution in [-0.2, 0) is 6.42 Å². The summed E-state index contributed by atoms with van der Waals surface area (Å²) >= 11 is 0. The molecule has 0 aliphatic heterocycles. The van der Waals surface area contributed by atoms with Crippen molar-refractivity contribution < 1.29 is 4.42 Å². The van der Waals surface area contributed by atoms with Crippen LogP contribution in [0, 0.1) is 12.8 Å². The molecule has 0 saturated carbocycles. The van der Waals surface area contributed by atoms with Crippen LogP contribution in [0.25, 0.3) is 0 Å². The normalized spacial score (nSPS) is 7.88. The summed E-state index contributed by atoms with van der Waals surface area (Å²) in [6, 6.07) is 2.13. The predicted molar refractivity (Wildman–Crippen MR) is 79.4 cm³/mol. The summed E-state index contributed by atoms with van der Waals surface area (Å²) < 4.78 is 5.28. The molecule has 0 atom stereocenters. The molecule has 0 fully saturated rings. The van der Waals surface area contributed by atoms with Gasteiger partial charge in [-0.25, -0.2) is 0 Å². The Morgan fingerprint density at radius 3 is 1.71 bits per heavy atom. The molecular weight excluding hydrogens is 208 g/mol. The molecule has 1 nitrogen and oxygen atoms in total. The van der Waals surface area contributed by atoms with E-state index < -0.39 is 0 Å². The third-order valence-corrected chi connectivity index (χ3v) is 1.69. The van der Waals surface area contributed by atoms with E-state index in [0.717, 1.165) is 12.2 Å². The van der Waals surface area contributed by atoms with Crippen molar-refractivity contribution in [3.63, 3.8) is 0 Å². The molecule has 0 aliphatic rings. The van der Waals surface area contributed by atoms with Gasteiger partial charge in [0.25, 0.3) is 0 Å². The zero-order valence-corrected chi connectivity index (χ0v) is 12.7. The largest absolute Gasteiger partial charge is 0.469 e. The summed E-state index contributed by atoms with van der Waals surface area (Å²) in [6.45, 7) is 14.7. The van der Waals surface area contributed by atoms with Gasteiger partial charge in [-0.1, -0.05) is 54.9 Å². The molecular formula is C16H30O. The van der Waals surface area contributed by atoms with E-state index >= 15 is 0 Å². The SMILES string of the molecule is C#C.CC.CCC.CCc1cc(C(C)C)co1. The van der Waals surface area contributed by atoms with E-state index in [9.17, 15) is 0 Å². The van der Waals surface area contributed by atoms with Crippen LogP contribution in [0.2, 0.25) is 0 Å². The van der Waals surface area contributed by atoms with E-state index in [1.807, 2.05) is 20.1 Å². The molecule has 0 unspecified atom stereocenters. The summed E-state index contributed by atoms with van der Waals surface area (Å²) in [5.41, 5.74) is 1.30. The molecule has 17 heavy (non-hydrogen) atoms. The van der Waals surface area contributed by atoms with Gasteiger partial charge in [0.05, 0.1) is 6.26 Å². The minimum absolute atomic E-state index is 0.587. The summed E-state index contributed by atoms with van der Waals surface area (Å²) in [6.07, 6.45) is 12.1. The van der Waals surface area contributed by atoms with E-state index in [1.165, 1.54) is 12.0 Å². The predicted octanol–water partition coefficient (Wildman–Crippen LogP) is 5.66. The monoisotopic (exact) mass is 238 g/mol. The molecule has 0 spiro atoms. The van der Waals surface area contributed by atoms with Gasteiger partial charge in [-0.05, 0) is 17.5 Å². The molecule has 100 valence electrons. The minimum atomic E-state index is 0.587. The Balaban J connectivity index is -0.000000239. The Morgan fingerprint density at radius 1 is 1.12 bits per heavy atom. The van der Waals surface area contributed by atoms with Crippen molar-refractivity contribution in [1.29, 1.82) is 0 Å². The fraction of sp³-hybridized carbons (Fsp3) is 0.625. The topological polar surface area (TPSA) is 13.1 Å². The molecule has 1 aromatic rings. The average molecular weight is 238 g/mol. The molecule has 0 amide bonds. The zero-order chi connectivity index (χ0) is 14.3. The molecule has 1 heteroatoms. The molecule has 0 radical (unpaired) electrons. The highest BCUT2D eigenvalue weighted by Crippen LogP contribution is 2.17. The quantitative estimate of drug-likeness (QED) is 0.606. The van der Waals surface area contributed by atoms with E-state index in [2.05, 4.69) is 53.5 Å². The van der Waals surface area contributed by atoms with Gasteiger partial charge < -0.3 is 4.42 Å². The lowest BCUT2D eigenvalue weighted by atomic mass is 10.1. The molecule has 0 bridgehead atoms. The van der Waals surface area contributed by atoms with Crippen LogP contribution in [0.15, 0.2) is 16.7 Å².